The molecule has 0 saturated carbocycles. The molecule has 0 aliphatic rings. The molecule has 1 aromatic carbocycles. The van der Waals surface area contributed by atoms with Gasteiger partial charge in [-0.3, -0.25) is 0 Å². The van der Waals surface area contributed by atoms with Crippen LogP contribution in [-0.2, 0) is 6.42 Å². The van der Waals surface area contributed by atoms with Crippen LogP contribution in [0.15, 0.2) is 29.2 Å². The van der Waals surface area contributed by atoms with Gasteiger partial charge in [0.05, 0.1) is 0 Å². The summed E-state index contributed by atoms with van der Waals surface area (Å²) in [6.45, 7) is 1.01. The highest BCUT2D eigenvalue weighted by Gasteiger charge is 1.94. The average Bonchev–Trinajstić information content (AvgIpc) is 2.03. The number of hydrogen-bond acceptors (Lipinski definition) is 2. The quantitative estimate of drug-likeness (QED) is 0.653. The second-order valence-corrected chi connectivity index (χ2v) is 2.96. The second-order valence-electron chi connectivity index (χ2n) is 2.48. The molecule has 0 spiro atoms. The molecule has 0 bridgehead atoms. The van der Waals surface area contributed by atoms with Gasteiger partial charge in [0.25, 0.3) is 0 Å². The molecule has 0 fully saturated rings. The Kier molecular flexibility index (Phi) is 3.46. The van der Waals surface area contributed by atoms with E-state index >= 15 is 0 Å². The van der Waals surface area contributed by atoms with E-state index in [4.69, 9.17) is 0 Å². The summed E-state index contributed by atoms with van der Waals surface area (Å²) in [5.41, 5.74) is 1.31. The lowest BCUT2D eigenvalue weighted by Gasteiger charge is -2.02. The molecule has 0 aliphatic carbocycles. The summed E-state index contributed by atoms with van der Waals surface area (Å²) in [6, 6.07) is 8.18. The Labute approximate surface area is 73.2 Å². The summed E-state index contributed by atoms with van der Waals surface area (Å²) < 4.78 is 0. The zero-order valence-corrected chi connectivity index (χ0v) is 7.57. The fourth-order valence-electron chi connectivity index (χ4n) is 0.982. The van der Waals surface area contributed by atoms with Crippen molar-refractivity contribution in [1.29, 1.82) is 0 Å². The molecule has 60 valence electrons. The van der Waals surface area contributed by atoms with Gasteiger partial charge < -0.3 is 5.32 Å². The molecule has 1 rings (SSSR count). The lowest BCUT2D eigenvalue weighted by Crippen LogP contribution is -2.10. The summed E-state index contributed by atoms with van der Waals surface area (Å²) in [7, 11) is 1.96. The number of likely N-dealkylation sites (N-methyl/N-ethyl adjacent to an activating group) is 1. The second kappa shape index (κ2) is 4.42. The van der Waals surface area contributed by atoms with Crippen molar-refractivity contribution in [3.63, 3.8) is 0 Å². The Morgan fingerprint density at radius 2 is 2.09 bits per heavy atom. The molecule has 0 unspecified atom stereocenters. The molecule has 0 aromatic heterocycles. The van der Waals surface area contributed by atoms with Crippen LogP contribution in [0, 0.1) is 0 Å². The molecule has 0 atom stereocenters. The average molecular weight is 167 g/mol. The van der Waals surface area contributed by atoms with E-state index in [-0.39, 0.29) is 0 Å². The van der Waals surface area contributed by atoms with Gasteiger partial charge in [-0.05, 0) is 31.6 Å². The van der Waals surface area contributed by atoms with Crippen molar-refractivity contribution in [2.24, 2.45) is 0 Å². The maximum atomic E-state index is 4.34. The van der Waals surface area contributed by atoms with Crippen LogP contribution in [0.3, 0.4) is 0 Å². The summed E-state index contributed by atoms with van der Waals surface area (Å²) >= 11 is 4.34. The maximum Gasteiger partial charge on any atom is 0.00725 e. The summed E-state index contributed by atoms with van der Waals surface area (Å²) in [6.07, 6.45) is 1.05. The van der Waals surface area contributed by atoms with E-state index in [1.807, 2.05) is 25.2 Å². The smallest absolute Gasteiger partial charge is 0.00725 e. The number of thiol groups is 1. The van der Waals surface area contributed by atoms with Crippen molar-refractivity contribution in [2.75, 3.05) is 13.6 Å². The first-order valence-corrected chi connectivity index (χ1v) is 4.21. The van der Waals surface area contributed by atoms with Gasteiger partial charge in [0.15, 0.2) is 0 Å². The van der Waals surface area contributed by atoms with Crippen LogP contribution in [0.2, 0.25) is 0 Å². The highest BCUT2D eigenvalue weighted by Crippen LogP contribution is 2.12. The van der Waals surface area contributed by atoms with Crippen molar-refractivity contribution in [1.82, 2.24) is 5.32 Å². The van der Waals surface area contributed by atoms with E-state index in [9.17, 15) is 0 Å². The first kappa shape index (κ1) is 8.62. The largest absolute Gasteiger partial charge is 0.319 e. The predicted molar refractivity (Wildman–Crippen MR) is 51.3 cm³/mol. The minimum absolute atomic E-state index is 1.01. The van der Waals surface area contributed by atoms with Crippen molar-refractivity contribution < 1.29 is 0 Å². The first-order valence-electron chi connectivity index (χ1n) is 3.76. The van der Waals surface area contributed by atoms with E-state index in [1.54, 1.807) is 0 Å². The highest BCUT2D eigenvalue weighted by molar-refractivity contribution is 7.80. The molecule has 1 nitrogen and oxygen atoms in total. The van der Waals surface area contributed by atoms with Crippen LogP contribution in [-0.4, -0.2) is 13.6 Å². The van der Waals surface area contributed by atoms with Gasteiger partial charge in [-0.2, -0.15) is 0 Å². The number of hydrogen-bond donors (Lipinski definition) is 2. The monoisotopic (exact) mass is 167 g/mol. The summed E-state index contributed by atoms with van der Waals surface area (Å²) in [4.78, 5) is 1.09. The van der Waals surface area contributed by atoms with E-state index < -0.39 is 0 Å². The van der Waals surface area contributed by atoms with E-state index in [0.717, 1.165) is 17.9 Å². The van der Waals surface area contributed by atoms with E-state index in [0.29, 0.717) is 0 Å². The van der Waals surface area contributed by atoms with Crippen LogP contribution in [0.1, 0.15) is 5.56 Å². The molecule has 0 heterocycles. The Morgan fingerprint density at radius 3 is 2.73 bits per heavy atom. The molecule has 11 heavy (non-hydrogen) atoms. The fraction of sp³-hybridized carbons (Fsp3) is 0.333. The number of benzene rings is 1. The highest BCUT2D eigenvalue weighted by atomic mass is 32.1. The lowest BCUT2D eigenvalue weighted by atomic mass is 10.1. The van der Waals surface area contributed by atoms with Crippen molar-refractivity contribution in [3.8, 4) is 0 Å². The fourth-order valence-corrected chi connectivity index (χ4v) is 1.25. The van der Waals surface area contributed by atoms with Crippen LogP contribution < -0.4 is 5.32 Å². The standard InChI is InChI=1S/C9H13NS/c1-10-7-6-8-4-2-3-5-9(8)11/h2-5,10-11H,6-7H2,1H3. The molecular formula is C9H13NS. The molecule has 0 radical (unpaired) electrons. The van der Waals surface area contributed by atoms with E-state index in [2.05, 4.69) is 24.0 Å². The van der Waals surface area contributed by atoms with Crippen LogP contribution in [0.4, 0.5) is 0 Å². The van der Waals surface area contributed by atoms with Gasteiger partial charge in [-0.25, -0.2) is 0 Å². The lowest BCUT2D eigenvalue weighted by molar-refractivity contribution is 0.784. The number of rotatable bonds is 3. The zero-order chi connectivity index (χ0) is 8.10. The minimum atomic E-state index is 1.01. The Morgan fingerprint density at radius 1 is 1.36 bits per heavy atom. The Balaban J connectivity index is 2.62. The molecule has 0 aliphatic heterocycles. The topological polar surface area (TPSA) is 12.0 Å². The molecule has 0 amide bonds. The van der Waals surface area contributed by atoms with Crippen molar-refractivity contribution >= 4 is 12.6 Å². The Hall–Kier alpha value is -0.470. The molecular weight excluding hydrogens is 154 g/mol. The number of nitrogens with one attached hydrogen (secondary N) is 1. The van der Waals surface area contributed by atoms with Gasteiger partial charge in [-0.1, -0.05) is 18.2 Å². The van der Waals surface area contributed by atoms with Crippen molar-refractivity contribution in [2.45, 2.75) is 11.3 Å². The van der Waals surface area contributed by atoms with Crippen molar-refractivity contribution in [3.05, 3.63) is 29.8 Å². The third-order valence-corrected chi connectivity index (χ3v) is 2.07. The van der Waals surface area contributed by atoms with Crippen LogP contribution in [0.5, 0.6) is 0 Å². The summed E-state index contributed by atoms with van der Waals surface area (Å²) in [5.74, 6) is 0. The van der Waals surface area contributed by atoms with Crippen LogP contribution in [0.25, 0.3) is 0 Å². The molecule has 1 aromatic rings. The third-order valence-electron chi connectivity index (χ3n) is 1.64. The first-order chi connectivity index (χ1) is 5.34. The van der Waals surface area contributed by atoms with Crippen LogP contribution >= 0.6 is 12.6 Å². The van der Waals surface area contributed by atoms with Gasteiger partial charge in [-0.15, -0.1) is 12.6 Å². The molecule has 2 heteroatoms. The van der Waals surface area contributed by atoms with Gasteiger partial charge >= 0.3 is 0 Å². The predicted octanol–water partition coefficient (Wildman–Crippen LogP) is 1.74. The maximum absolute atomic E-state index is 4.34. The SMILES string of the molecule is CNCCc1ccccc1S. The zero-order valence-electron chi connectivity index (χ0n) is 6.67. The van der Waals surface area contributed by atoms with Gasteiger partial charge in [0, 0.05) is 4.90 Å². The minimum Gasteiger partial charge on any atom is -0.319 e. The normalized spacial score (nSPS) is 10.0. The van der Waals surface area contributed by atoms with Gasteiger partial charge in [0.2, 0.25) is 0 Å². The summed E-state index contributed by atoms with van der Waals surface area (Å²) in [5, 5.41) is 3.11. The molecule has 0 saturated heterocycles. The van der Waals surface area contributed by atoms with E-state index in [1.165, 1.54) is 5.56 Å². The Bertz CT molecular complexity index is 223. The third kappa shape index (κ3) is 2.56. The van der Waals surface area contributed by atoms with Gasteiger partial charge in [0.1, 0.15) is 0 Å². The molecule has 1 N–H and O–H groups in total.